The van der Waals surface area contributed by atoms with Gasteiger partial charge in [-0.15, -0.1) is 12.4 Å². The lowest BCUT2D eigenvalue weighted by Gasteiger charge is -2.33. The standard InChI is InChI=1S/C17H29N3O2.ClH/c18-5-6-19-17(22)14-2-1-7-20(11-14)16(21)10-15-9-12-3-4-13(15)8-12;/h12-15H,1-11,18H2,(H,19,22);1H. The Morgan fingerprint density at radius 2 is 2.00 bits per heavy atom. The van der Waals surface area contributed by atoms with Gasteiger partial charge in [0.05, 0.1) is 5.92 Å². The van der Waals surface area contributed by atoms with Crippen LogP contribution >= 0.6 is 12.4 Å². The van der Waals surface area contributed by atoms with Gasteiger partial charge in [0.1, 0.15) is 0 Å². The van der Waals surface area contributed by atoms with Gasteiger partial charge in [-0.1, -0.05) is 6.42 Å². The van der Waals surface area contributed by atoms with Crippen LogP contribution in [0.4, 0.5) is 0 Å². The minimum atomic E-state index is -0.0516. The molecule has 4 atom stereocenters. The maximum Gasteiger partial charge on any atom is 0.224 e. The Labute approximate surface area is 145 Å². The van der Waals surface area contributed by atoms with E-state index in [4.69, 9.17) is 5.73 Å². The van der Waals surface area contributed by atoms with E-state index in [1.807, 2.05) is 4.90 Å². The molecule has 0 spiro atoms. The van der Waals surface area contributed by atoms with Crippen LogP contribution in [0.2, 0.25) is 0 Å². The Morgan fingerprint density at radius 1 is 1.17 bits per heavy atom. The van der Waals surface area contributed by atoms with Crippen molar-refractivity contribution in [3.8, 4) is 0 Å². The van der Waals surface area contributed by atoms with Gasteiger partial charge in [-0.2, -0.15) is 0 Å². The second kappa shape index (κ2) is 8.34. The Balaban J connectivity index is 0.00000192. The summed E-state index contributed by atoms with van der Waals surface area (Å²) >= 11 is 0. The van der Waals surface area contributed by atoms with Crippen molar-refractivity contribution < 1.29 is 9.59 Å². The van der Waals surface area contributed by atoms with E-state index in [9.17, 15) is 9.59 Å². The molecule has 2 amide bonds. The van der Waals surface area contributed by atoms with Gasteiger partial charge in [-0.05, 0) is 49.9 Å². The molecule has 1 aliphatic heterocycles. The fraction of sp³-hybridized carbons (Fsp3) is 0.882. The average Bonchev–Trinajstić information content (AvgIpc) is 3.15. The summed E-state index contributed by atoms with van der Waals surface area (Å²) in [5.41, 5.74) is 5.42. The molecule has 0 aromatic rings. The first-order valence-electron chi connectivity index (χ1n) is 8.93. The Hall–Kier alpha value is -0.810. The third kappa shape index (κ3) is 4.38. The number of nitrogens with zero attached hydrogens (tertiary/aromatic N) is 1. The molecule has 132 valence electrons. The van der Waals surface area contributed by atoms with Crippen LogP contribution in [-0.2, 0) is 9.59 Å². The maximum absolute atomic E-state index is 12.6. The third-order valence-electron chi connectivity index (χ3n) is 5.91. The van der Waals surface area contributed by atoms with Crippen LogP contribution in [-0.4, -0.2) is 42.9 Å². The lowest BCUT2D eigenvalue weighted by Crippen LogP contribution is -2.46. The number of fused-ring (bicyclic) bond motifs is 2. The Bertz CT molecular complexity index is 432. The van der Waals surface area contributed by atoms with Gasteiger partial charge in [0.15, 0.2) is 0 Å². The highest BCUT2D eigenvalue weighted by Gasteiger charge is 2.41. The van der Waals surface area contributed by atoms with Crippen molar-refractivity contribution in [3.05, 3.63) is 0 Å². The number of nitrogens with two attached hydrogens (primary N) is 1. The quantitative estimate of drug-likeness (QED) is 0.795. The zero-order chi connectivity index (χ0) is 15.5. The molecule has 6 heteroatoms. The van der Waals surface area contributed by atoms with Crippen LogP contribution < -0.4 is 11.1 Å². The first-order chi connectivity index (χ1) is 10.7. The molecule has 3 N–H and O–H groups in total. The van der Waals surface area contributed by atoms with Crippen LogP contribution in [0.15, 0.2) is 0 Å². The van der Waals surface area contributed by atoms with E-state index in [2.05, 4.69) is 5.32 Å². The summed E-state index contributed by atoms with van der Waals surface area (Å²) in [7, 11) is 0. The molecule has 4 unspecified atom stereocenters. The van der Waals surface area contributed by atoms with Crippen LogP contribution in [0.25, 0.3) is 0 Å². The number of halogens is 1. The average molecular weight is 344 g/mol. The maximum atomic E-state index is 12.6. The van der Waals surface area contributed by atoms with Gasteiger partial charge in [0.25, 0.3) is 0 Å². The minimum absolute atomic E-state index is 0. The van der Waals surface area contributed by atoms with Crippen molar-refractivity contribution in [1.29, 1.82) is 0 Å². The van der Waals surface area contributed by atoms with Gasteiger partial charge in [-0.3, -0.25) is 9.59 Å². The van der Waals surface area contributed by atoms with Crippen molar-refractivity contribution in [1.82, 2.24) is 10.2 Å². The largest absolute Gasteiger partial charge is 0.355 e. The monoisotopic (exact) mass is 343 g/mol. The highest BCUT2D eigenvalue weighted by atomic mass is 35.5. The Morgan fingerprint density at radius 3 is 2.65 bits per heavy atom. The molecular formula is C17H30ClN3O2. The molecular weight excluding hydrogens is 314 g/mol. The summed E-state index contributed by atoms with van der Waals surface area (Å²) in [4.78, 5) is 26.6. The van der Waals surface area contributed by atoms with Gasteiger partial charge in [0.2, 0.25) is 11.8 Å². The molecule has 3 rings (SSSR count). The minimum Gasteiger partial charge on any atom is -0.355 e. The lowest BCUT2D eigenvalue weighted by atomic mass is 9.85. The van der Waals surface area contributed by atoms with Gasteiger partial charge < -0.3 is 16.0 Å². The van der Waals surface area contributed by atoms with Crippen LogP contribution in [0.5, 0.6) is 0 Å². The molecule has 1 saturated heterocycles. The molecule has 1 heterocycles. The van der Waals surface area contributed by atoms with E-state index in [0.29, 0.717) is 32.0 Å². The van der Waals surface area contributed by atoms with Crippen LogP contribution in [0, 0.1) is 23.7 Å². The zero-order valence-corrected chi connectivity index (χ0v) is 14.7. The van der Waals surface area contributed by atoms with Crippen molar-refractivity contribution in [3.63, 3.8) is 0 Å². The number of amides is 2. The second-order valence-corrected chi connectivity index (χ2v) is 7.40. The number of hydrogen-bond acceptors (Lipinski definition) is 3. The number of carbonyl (C=O) groups is 2. The van der Waals surface area contributed by atoms with Crippen molar-refractivity contribution in [2.24, 2.45) is 29.4 Å². The second-order valence-electron chi connectivity index (χ2n) is 7.40. The molecule has 5 nitrogen and oxygen atoms in total. The van der Waals surface area contributed by atoms with E-state index in [0.717, 1.165) is 31.2 Å². The molecule has 23 heavy (non-hydrogen) atoms. The summed E-state index contributed by atoms with van der Waals surface area (Å²) in [6, 6.07) is 0. The summed E-state index contributed by atoms with van der Waals surface area (Å²) in [6.07, 6.45) is 7.83. The van der Waals surface area contributed by atoms with Gasteiger partial charge >= 0.3 is 0 Å². The molecule has 2 saturated carbocycles. The van der Waals surface area contributed by atoms with E-state index in [-0.39, 0.29) is 30.1 Å². The molecule has 0 radical (unpaired) electrons. The predicted octanol–water partition coefficient (Wildman–Crippen LogP) is 1.55. The number of carbonyl (C=O) groups excluding carboxylic acids is 2. The topological polar surface area (TPSA) is 75.4 Å². The SMILES string of the molecule is Cl.NCCNC(=O)C1CCCN(C(=O)CC2CC3CCC2C3)C1. The molecule has 3 aliphatic rings. The van der Waals surface area contributed by atoms with Crippen molar-refractivity contribution >= 4 is 24.2 Å². The first kappa shape index (κ1) is 18.5. The van der Waals surface area contributed by atoms with E-state index in [1.54, 1.807) is 0 Å². The zero-order valence-electron chi connectivity index (χ0n) is 13.8. The summed E-state index contributed by atoms with van der Waals surface area (Å²) in [6.45, 7) is 2.40. The fourth-order valence-electron chi connectivity index (χ4n) is 4.74. The van der Waals surface area contributed by atoms with Gasteiger partial charge in [0, 0.05) is 32.6 Å². The fourth-order valence-corrected chi connectivity index (χ4v) is 4.74. The van der Waals surface area contributed by atoms with E-state index >= 15 is 0 Å². The molecule has 0 aromatic heterocycles. The number of piperidine rings is 1. The molecule has 2 bridgehead atoms. The predicted molar refractivity (Wildman–Crippen MR) is 92.2 cm³/mol. The lowest BCUT2D eigenvalue weighted by molar-refractivity contribution is -0.136. The number of rotatable bonds is 5. The van der Waals surface area contributed by atoms with Gasteiger partial charge in [-0.25, -0.2) is 0 Å². The highest BCUT2D eigenvalue weighted by Crippen LogP contribution is 2.49. The number of nitrogens with one attached hydrogen (secondary N) is 1. The van der Waals surface area contributed by atoms with Crippen molar-refractivity contribution in [2.45, 2.75) is 44.9 Å². The van der Waals surface area contributed by atoms with Crippen LogP contribution in [0.1, 0.15) is 44.9 Å². The first-order valence-corrected chi connectivity index (χ1v) is 8.93. The number of hydrogen-bond donors (Lipinski definition) is 2. The summed E-state index contributed by atoms with van der Waals surface area (Å²) < 4.78 is 0. The molecule has 0 aromatic carbocycles. The molecule has 2 aliphatic carbocycles. The summed E-state index contributed by atoms with van der Waals surface area (Å²) in [5, 5.41) is 2.85. The smallest absolute Gasteiger partial charge is 0.224 e. The van der Waals surface area contributed by atoms with E-state index in [1.165, 1.54) is 25.7 Å². The van der Waals surface area contributed by atoms with Crippen molar-refractivity contribution in [2.75, 3.05) is 26.2 Å². The highest BCUT2D eigenvalue weighted by molar-refractivity contribution is 5.85. The van der Waals surface area contributed by atoms with E-state index < -0.39 is 0 Å². The molecule has 3 fully saturated rings. The number of likely N-dealkylation sites (tertiary alicyclic amines) is 1. The normalized spacial score (nSPS) is 32.5. The third-order valence-corrected chi connectivity index (χ3v) is 5.91. The summed E-state index contributed by atoms with van der Waals surface area (Å²) in [5.74, 6) is 2.57. The van der Waals surface area contributed by atoms with Crippen LogP contribution in [0.3, 0.4) is 0 Å². The Kier molecular flexibility index (Phi) is 6.72.